The van der Waals surface area contributed by atoms with E-state index in [-0.39, 0.29) is 17.4 Å². The van der Waals surface area contributed by atoms with Gasteiger partial charge in [-0.05, 0) is 32.0 Å². The van der Waals surface area contributed by atoms with Crippen LogP contribution in [0.1, 0.15) is 17.0 Å². The van der Waals surface area contributed by atoms with Gasteiger partial charge >= 0.3 is 0 Å². The summed E-state index contributed by atoms with van der Waals surface area (Å²) in [6, 6.07) is 6.88. The molecule has 0 unspecified atom stereocenters. The maximum atomic E-state index is 11.8. The second-order valence-electron chi connectivity index (χ2n) is 4.91. The lowest BCUT2D eigenvalue weighted by Crippen LogP contribution is -2.19. The first-order valence-electron chi connectivity index (χ1n) is 7.12. The number of methoxy groups -OCH3 is 1. The summed E-state index contributed by atoms with van der Waals surface area (Å²) in [6.45, 7) is 3.76. The number of phenolic OH excluding ortho intramolecular Hbond substituents is 1. The third-order valence-electron chi connectivity index (χ3n) is 2.94. The fourth-order valence-electron chi connectivity index (χ4n) is 1.90. The number of amides is 1. The maximum absolute atomic E-state index is 11.8. The molecule has 0 radical (unpaired) electrons. The average molecular weight is 346 g/mol. The summed E-state index contributed by atoms with van der Waals surface area (Å²) in [7, 11) is 1.46. The van der Waals surface area contributed by atoms with E-state index in [0.29, 0.717) is 16.5 Å². The lowest BCUT2D eigenvalue weighted by atomic mass is 10.2. The molecule has 126 valence electrons. The first-order valence-corrected chi connectivity index (χ1v) is 8.11. The first kappa shape index (κ1) is 17.7. The summed E-state index contributed by atoms with van der Waals surface area (Å²) in [5, 5.41) is 14.3. The Morgan fingerprint density at radius 3 is 2.75 bits per heavy atom. The number of hydrogen-bond donors (Lipinski definition) is 2. The molecule has 7 nitrogen and oxygen atoms in total. The Kier molecular flexibility index (Phi) is 6.14. The molecule has 1 aromatic carbocycles. The van der Waals surface area contributed by atoms with Crippen LogP contribution in [0.4, 0.5) is 0 Å². The minimum absolute atomic E-state index is 0.0315. The van der Waals surface area contributed by atoms with Crippen molar-refractivity contribution in [2.24, 2.45) is 5.10 Å². The van der Waals surface area contributed by atoms with Gasteiger partial charge in [0.05, 0.1) is 19.1 Å². The predicted molar refractivity (Wildman–Crippen MR) is 92.6 cm³/mol. The molecule has 0 saturated heterocycles. The van der Waals surface area contributed by atoms with E-state index in [2.05, 4.69) is 20.5 Å². The standard InChI is InChI=1S/C16H18N4O3S/c1-10-7-11(2)19-16(18-10)24-9-14(21)20-17-8-12-5-4-6-13(23-3)15(12)22/h4-8,22H,9H2,1-3H3,(H,20,21). The highest BCUT2D eigenvalue weighted by atomic mass is 32.2. The van der Waals surface area contributed by atoms with E-state index in [1.54, 1.807) is 18.2 Å². The van der Waals surface area contributed by atoms with Crippen molar-refractivity contribution >= 4 is 23.9 Å². The van der Waals surface area contributed by atoms with Crippen molar-refractivity contribution in [2.45, 2.75) is 19.0 Å². The third-order valence-corrected chi connectivity index (χ3v) is 3.78. The van der Waals surface area contributed by atoms with Gasteiger partial charge in [0.1, 0.15) is 0 Å². The summed E-state index contributed by atoms with van der Waals surface area (Å²) in [5.41, 5.74) is 4.56. The topological polar surface area (TPSA) is 96.7 Å². The molecule has 0 spiro atoms. The Hall–Kier alpha value is -2.61. The summed E-state index contributed by atoms with van der Waals surface area (Å²) in [4.78, 5) is 20.3. The van der Waals surface area contributed by atoms with Gasteiger partial charge in [0.15, 0.2) is 16.7 Å². The Morgan fingerprint density at radius 2 is 2.08 bits per heavy atom. The summed E-state index contributed by atoms with van der Waals surface area (Å²) < 4.78 is 5.00. The molecular weight excluding hydrogens is 328 g/mol. The number of hydrogen-bond acceptors (Lipinski definition) is 7. The van der Waals surface area contributed by atoms with E-state index < -0.39 is 0 Å². The number of hydrazone groups is 1. The number of rotatable bonds is 6. The zero-order valence-corrected chi connectivity index (χ0v) is 14.4. The largest absolute Gasteiger partial charge is 0.504 e. The van der Waals surface area contributed by atoms with E-state index >= 15 is 0 Å². The van der Waals surface area contributed by atoms with Crippen molar-refractivity contribution in [3.05, 3.63) is 41.2 Å². The minimum atomic E-state index is -0.290. The van der Waals surface area contributed by atoms with Crippen LogP contribution in [0.15, 0.2) is 34.5 Å². The number of thioether (sulfide) groups is 1. The van der Waals surface area contributed by atoms with Gasteiger partial charge < -0.3 is 9.84 Å². The van der Waals surface area contributed by atoms with E-state index in [9.17, 15) is 9.90 Å². The van der Waals surface area contributed by atoms with Gasteiger partial charge in [-0.25, -0.2) is 15.4 Å². The lowest BCUT2D eigenvalue weighted by molar-refractivity contribution is -0.118. The van der Waals surface area contributed by atoms with E-state index in [1.807, 2.05) is 19.9 Å². The molecule has 0 aliphatic rings. The number of para-hydroxylation sites is 1. The molecule has 0 aliphatic carbocycles. The van der Waals surface area contributed by atoms with Gasteiger partial charge in [-0.15, -0.1) is 0 Å². The van der Waals surface area contributed by atoms with Crippen molar-refractivity contribution in [1.29, 1.82) is 0 Å². The first-order chi connectivity index (χ1) is 11.5. The molecule has 2 N–H and O–H groups in total. The van der Waals surface area contributed by atoms with Crippen LogP contribution in [0.5, 0.6) is 11.5 Å². The Labute approximate surface area is 144 Å². The SMILES string of the molecule is COc1cccc(C=NNC(=O)CSc2nc(C)cc(C)n2)c1O. The van der Waals surface area contributed by atoms with Gasteiger partial charge in [0, 0.05) is 17.0 Å². The highest BCUT2D eigenvalue weighted by Crippen LogP contribution is 2.27. The normalized spacial score (nSPS) is 10.8. The minimum Gasteiger partial charge on any atom is -0.504 e. The van der Waals surface area contributed by atoms with Gasteiger partial charge in [-0.3, -0.25) is 4.79 Å². The fourth-order valence-corrected chi connectivity index (χ4v) is 2.64. The fraction of sp³-hybridized carbons (Fsp3) is 0.250. The maximum Gasteiger partial charge on any atom is 0.250 e. The van der Waals surface area contributed by atoms with Crippen molar-refractivity contribution in [3.8, 4) is 11.5 Å². The Balaban J connectivity index is 1.89. The molecule has 1 aromatic heterocycles. The number of aryl methyl sites for hydroxylation is 2. The zero-order valence-electron chi connectivity index (χ0n) is 13.6. The molecule has 0 atom stereocenters. The highest BCUT2D eigenvalue weighted by molar-refractivity contribution is 7.99. The number of nitrogens with zero attached hydrogens (tertiary/aromatic N) is 3. The van der Waals surface area contributed by atoms with Crippen LogP contribution in [0.2, 0.25) is 0 Å². The number of phenols is 1. The average Bonchev–Trinajstić information content (AvgIpc) is 2.54. The number of aromatic nitrogens is 2. The van der Waals surface area contributed by atoms with E-state index in [0.717, 1.165) is 11.4 Å². The number of carbonyl (C=O) groups is 1. The van der Waals surface area contributed by atoms with Crippen LogP contribution >= 0.6 is 11.8 Å². The molecule has 0 fully saturated rings. The monoisotopic (exact) mass is 346 g/mol. The van der Waals surface area contributed by atoms with Gasteiger partial charge in [0.2, 0.25) is 0 Å². The van der Waals surface area contributed by atoms with E-state index in [4.69, 9.17) is 4.74 Å². The van der Waals surface area contributed by atoms with Crippen molar-refractivity contribution in [3.63, 3.8) is 0 Å². The number of ether oxygens (including phenoxy) is 1. The molecule has 1 heterocycles. The van der Waals surface area contributed by atoms with Crippen LogP contribution in [0, 0.1) is 13.8 Å². The quantitative estimate of drug-likeness (QED) is 0.360. The van der Waals surface area contributed by atoms with Crippen LogP contribution in [-0.4, -0.2) is 40.1 Å². The molecule has 8 heteroatoms. The molecule has 2 aromatic rings. The highest BCUT2D eigenvalue weighted by Gasteiger charge is 2.07. The van der Waals surface area contributed by atoms with Gasteiger partial charge in [-0.1, -0.05) is 17.8 Å². The number of nitrogens with one attached hydrogen (secondary N) is 1. The zero-order chi connectivity index (χ0) is 17.5. The number of benzene rings is 1. The van der Waals surface area contributed by atoms with Crippen molar-refractivity contribution < 1.29 is 14.6 Å². The predicted octanol–water partition coefficient (Wildman–Crippen LogP) is 2.05. The molecule has 0 saturated carbocycles. The summed E-state index contributed by atoms with van der Waals surface area (Å²) in [5.74, 6) is 0.162. The van der Waals surface area contributed by atoms with Gasteiger partial charge in [-0.2, -0.15) is 5.10 Å². The van der Waals surface area contributed by atoms with Crippen LogP contribution in [0.25, 0.3) is 0 Å². The molecular formula is C16H18N4O3S. The second-order valence-corrected chi connectivity index (χ2v) is 5.86. The van der Waals surface area contributed by atoms with Crippen LogP contribution < -0.4 is 10.2 Å². The molecule has 2 rings (SSSR count). The van der Waals surface area contributed by atoms with Crippen molar-refractivity contribution in [2.75, 3.05) is 12.9 Å². The Bertz CT molecular complexity index is 745. The lowest BCUT2D eigenvalue weighted by Gasteiger charge is -2.05. The van der Waals surface area contributed by atoms with E-state index in [1.165, 1.54) is 25.1 Å². The molecule has 0 bridgehead atoms. The van der Waals surface area contributed by atoms with Gasteiger partial charge in [0.25, 0.3) is 5.91 Å². The smallest absolute Gasteiger partial charge is 0.250 e. The van der Waals surface area contributed by atoms with Crippen molar-refractivity contribution in [1.82, 2.24) is 15.4 Å². The number of carbonyl (C=O) groups excluding carboxylic acids is 1. The molecule has 1 amide bonds. The second kappa shape index (κ2) is 8.30. The molecule has 24 heavy (non-hydrogen) atoms. The summed E-state index contributed by atoms with van der Waals surface area (Å²) in [6.07, 6.45) is 1.35. The third kappa shape index (κ3) is 4.95. The Morgan fingerprint density at radius 1 is 1.38 bits per heavy atom. The number of aromatic hydroxyl groups is 1. The summed E-state index contributed by atoms with van der Waals surface area (Å²) >= 11 is 1.23. The molecule has 0 aliphatic heterocycles. The van der Waals surface area contributed by atoms with Crippen LogP contribution in [0.3, 0.4) is 0 Å². The van der Waals surface area contributed by atoms with Crippen LogP contribution in [-0.2, 0) is 4.79 Å².